The average Bonchev–Trinajstić information content (AvgIpc) is 3.82. The van der Waals surface area contributed by atoms with E-state index >= 15 is 8.42 Å². The van der Waals surface area contributed by atoms with Gasteiger partial charge in [-0.25, -0.2) is 8.42 Å². The van der Waals surface area contributed by atoms with Crippen LogP contribution < -0.4 is 14.2 Å². The van der Waals surface area contributed by atoms with Crippen LogP contribution in [0.15, 0.2) is 88.6 Å². The Bertz CT molecular complexity index is 2290. The van der Waals surface area contributed by atoms with Crippen LogP contribution in [-0.4, -0.2) is 105 Å². The number of amides is 2. The second-order valence-electron chi connectivity index (χ2n) is 14.7. The first-order valence-corrected chi connectivity index (χ1v) is 19.4. The number of hydrogen-bond acceptors (Lipinski definition) is 9. The summed E-state index contributed by atoms with van der Waals surface area (Å²) >= 11 is 0. The van der Waals surface area contributed by atoms with Crippen LogP contribution in [0.3, 0.4) is 0 Å². The monoisotopic (exact) mass is 753 g/mol. The normalized spacial score (nSPS) is 25.5. The van der Waals surface area contributed by atoms with E-state index in [0.29, 0.717) is 34.6 Å². The summed E-state index contributed by atoms with van der Waals surface area (Å²) in [6.07, 6.45) is 6.72. The first-order chi connectivity index (χ1) is 25.8. The van der Waals surface area contributed by atoms with Gasteiger partial charge in [0.1, 0.15) is 16.7 Å². The van der Waals surface area contributed by atoms with Crippen LogP contribution in [0.1, 0.15) is 46.3 Å². The summed E-state index contributed by atoms with van der Waals surface area (Å²) in [6, 6.07) is 16.3. The van der Waals surface area contributed by atoms with Gasteiger partial charge in [0.25, 0.3) is 5.91 Å². The zero-order valence-electron chi connectivity index (χ0n) is 30.8. The summed E-state index contributed by atoms with van der Waals surface area (Å²) in [6.45, 7) is 0.0935. The van der Waals surface area contributed by atoms with E-state index in [1.54, 1.807) is 88.0 Å². The topological polar surface area (TPSA) is 139 Å². The zero-order valence-corrected chi connectivity index (χ0v) is 31.6. The first-order valence-electron chi connectivity index (χ1n) is 17.9. The third-order valence-corrected chi connectivity index (χ3v) is 13.9. The summed E-state index contributed by atoms with van der Waals surface area (Å²) in [7, 11) is 3.81. The molecule has 1 saturated carbocycles. The van der Waals surface area contributed by atoms with Gasteiger partial charge in [-0.3, -0.25) is 9.59 Å². The van der Waals surface area contributed by atoms with Crippen molar-refractivity contribution < 1.29 is 41.7 Å². The van der Waals surface area contributed by atoms with Gasteiger partial charge in [0, 0.05) is 50.5 Å². The maximum absolute atomic E-state index is 15.0. The van der Waals surface area contributed by atoms with Crippen molar-refractivity contribution in [3.63, 3.8) is 0 Å². The van der Waals surface area contributed by atoms with E-state index in [1.807, 2.05) is 18.2 Å². The maximum atomic E-state index is 15.0. The Kier molecular flexibility index (Phi) is 8.66. The molecule has 0 radical (unpaired) electrons. The molecule has 2 bridgehead atoms. The first kappa shape index (κ1) is 35.9. The van der Waals surface area contributed by atoms with E-state index in [0.717, 1.165) is 16.7 Å². The van der Waals surface area contributed by atoms with E-state index in [9.17, 15) is 14.7 Å². The summed E-state index contributed by atoms with van der Waals surface area (Å²) in [5.41, 5.74) is 1.67. The fraction of sp³-hybridized carbons (Fsp3) is 0.366. The van der Waals surface area contributed by atoms with Crippen LogP contribution in [0, 0.1) is 0 Å². The van der Waals surface area contributed by atoms with Crippen molar-refractivity contribution in [2.24, 2.45) is 0 Å². The predicted molar refractivity (Wildman–Crippen MR) is 200 cm³/mol. The third-order valence-electron chi connectivity index (χ3n) is 12.0. The van der Waals surface area contributed by atoms with Crippen molar-refractivity contribution in [3.8, 4) is 28.4 Å². The lowest BCUT2D eigenvalue weighted by molar-refractivity contribution is -0.186. The minimum absolute atomic E-state index is 0.0322. The molecule has 54 heavy (non-hydrogen) atoms. The summed E-state index contributed by atoms with van der Waals surface area (Å²) in [5, 5.41) is 13.2. The molecule has 282 valence electrons. The highest BCUT2D eigenvalue weighted by atomic mass is 32.2. The van der Waals surface area contributed by atoms with Crippen LogP contribution in [-0.2, 0) is 26.7 Å². The number of nitrogens with zero attached hydrogens (tertiary/aromatic N) is 3. The Morgan fingerprint density at radius 3 is 2.46 bits per heavy atom. The van der Waals surface area contributed by atoms with Gasteiger partial charge < -0.3 is 33.5 Å². The number of piperidine rings is 1. The number of benzene rings is 3. The molecule has 4 aliphatic rings. The molecule has 1 aromatic heterocycles. The molecule has 1 unspecified atom stereocenters. The number of aliphatic hydroxyl groups is 1. The highest BCUT2D eigenvalue weighted by molar-refractivity contribution is 7.89. The standard InChI is InChI=1S/C41H43N3O9S/c1-42(2)39(46)29-8-6-7-26(21-29)27-10-12-31(50-4)33(22-27)54(48,49)44-19-18-40-36-28-11-13-32(51-5)37(36)53-38(40)30(15-17-41(40,47)34(44)23-28)43(3)35(45)14-9-25-16-20-52-24-25/h6-14,16,20-22,24,30,34,38,47H,15,17-19,23H2,1-5H3/b14-9+/t30-,34-,38+,40?,41-/m1/s1. The molecule has 5 atom stereocenters. The second-order valence-corrected chi connectivity index (χ2v) is 16.6. The largest absolute Gasteiger partial charge is 0.495 e. The molecule has 13 heteroatoms. The van der Waals surface area contributed by atoms with Crippen molar-refractivity contribution in [2.45, 2.75) is 59.8 Å². The third kappa shape index (κ3) is 5.19. The summed E-state index contributed by atoms with van der Waals surface area (Å²) in [5.74, 6) is 0.838. The number of methoxy groups -OCH3 is 2. The fourth-order valence-corrected chi connectivity index (χ4v) is 11.3. The number of carbonyl (C=O) groups is 2. The van der Waals surface area contributed by atoms with Crippen molar-refractivity contribution >= 4 is 27.9 Å². The predicted octanol–water partition coefficient (Wildman–Crippen LogP) is 4.75. The molecule has 1 N–H and O–H groups in total. The Morgan fingerprint density at radius 1 is 0.981 bits per heavy atom. The number of ether oxygens (including phenoxy) is 3. The molecule has 1 saturated heterocycles. The van der Waals surface area contributed by atoms with E-state index < -0.39 is 39.2 Å². The van der Waals surface area contributed by atoms with Crippen LogP contribution in [0.5, 0.6) is 17.2 Å². The minimum Gasteiger partial charge on any atom is -0.495 e. The second kappa shape index (κ2) is 13.0. The Labute approximate surface area is 314 Å². The number of carbonyl (C=O) groups excluding carboxylic acids is 2. The average molecular weight is 754 g/mol. The molecule has 12 nitrogen and oxygen atoms in total. The molecular formula is C41H43N3O9S. The molecule has 2 aliphatic carbocycles. The number of sulfonamides is 1. The molecule has 2 amide bonds. The van der Waals surface area contributed by atoms with Crippen LogP contribution in [0.4, 0.5) is 0 Å². The van der Waals surface area contributed by atoms with Gasteiger partial charge in [-0.05, 0) is 84.8 Å². The Hall–Kier alpha value is -5.11. The van der Waals surface area contributed by atoms with E-state index in [2.05, 4.69) is 0 Å². The number of rotatable bonds is 9. The molecule has 3 aromatic carbocycles. The molecule has 8 rings (SSSR count). The lowest BCUT2D eigenvalue weighted by atomic mass is 9.48. The number of hydrogen-bond donors (Lipinski definition) is 1. The molecule has 2 fully saturated rings. The van der Waals surface area contributed by atoms with Gasteiger partial charge in [-0.1, -0.05) is 24.3 Å². The quantitative estimate of drug-likeness (QED) is 0.240. The van der Waals surface area contributed by atoms with Gasteiger partial charge >= 0.3 is 0 Å². The summed E-state index contributed by atoms with van der Waals surface area (Å²) < 4.78 is 54.8. The highest BCUT2D eigenvalue weighted by Gasteiger charge is 2.74. The Morgan fingerprint density at radius 2 is 1.74 bits per heavy atom. The molecule has 1 spiro atoms. The lowest BCUT2D eigenvalue weighted by Gasteiger charge is -2.64. The van der Waals surface area contributed by atoms with Gasteiger partial charge in [-0.15, -0.1) is 0 Å². The zero-order chi connectivity index (χ0) is 38.2. The van der Waals surface area contributed by atoms with Crippen molar-refractivity contribution in [1.82, 2.24) is 14.1 Å². The van der Waals surface area contributed by atoms with Gasteiger partial charge in [0.15, 0.2) is 11.5 Å². The minimum atomic E-state index is -4.28. The summed E-state index contributed by atoms with van der Waals surface area (Å²) in [4.78, 5) is 29.5. The van der Waals surface area contributed by atoms with Crippen molar-refractivity contribution in [1.29, 1.82) is 0 Å². The number of likely N-dealkylation sites (N-methyl/N-ethyl adjacent to an activating group) is 1. The smallest absolute Gasteiger partial charge is 0.253 e. The van der Waals surface area contributed by atoms with E-state index in [-0.39, 0.29) is 48.3 Å². The lowest BCUT2D eigenvalue weighted by Crippen LogP contribution is -2.78. The highest BCUT2D eigenvalue weighted by Crippen LogP contribution is 2.66. The fourth-order valence-electron chi connectivity index (χ4n) is 9.41. The van der Waals surface area contributed by atoms with Crippen molar-refractivity contribution in [3.05, 3.63) is 102 Å². The molecule has 3 heterocycles. The van der Waals surface area contributed by atoms with E-state index in [1.165, 1.54) is 28.7 Å². The molecule has 2 aliphatic heterocycles. The molecule has 4 aromatic rings. The Balaban J connectivity index is 1.19. The number of furan rings is 1. The van der Waals surface area contributed by atoms with E-state index in [4.69, 9.17) is 18.6 Å². The molecular weight excluding hydrogens is 711 g/mol. The van der Waals surface area contributed by atoms with Gasteiger partial charge in [-0.2, -0.15) is 4.31 Å². The van der Waals surface area contributed by atoms with Crippen LogP contribution in [0.25, 0.3) is 17.2 Å². The van der Waals surface area contributed by atoms with Crippen LogP contribution in [0.2, 0.25) is 0 Å². The van der Waals surface area contributed by atoms with Gasteiger partial charge in [0.2, 0.25) is 15.9 Å². The van der Waals surface area contributed by atoms with Gasteiger partial charge in [0.05, 0.1) is 49.8 Å². The van der Waals surface area contributed by atoms with Crippen molar-refractivity contribution in [2.75, 3.05) is 41.9 Å². The SMILES string of the molecule is COc1ccc(-c2cccc(C(=O)N(C)C)c2)cc1S(=O)(=O)N1CCC23c4c5ccc(OC)c4O[C@H]2[C@H](N(C)C(=O)/C=C/c2ccoc2)CC[C@@]3(O)[C@H]1C5. The van der Waals surface area contributed by atoms with Crippen LogP contribution >= 0.6 is 0 Å². The maximum Gasteiger partial charge on any atom is 0.253 e.